The molecule has 0 fully saturated rings. The Bertz CT molecular complexity index is 4050. The van der Waals surface area contributed by atoms with Crippen LogP contribution in [0, 0.1) is 5.92 Å². The summed E-state index contributed by atoms with van der Waals surface area (Å²) in [5.41, 5.74) is 23.9. The van der Waals surface area contributed by atoms with E-state index >= 15 is 0 Å². The minimum atomic E-state index is -1.98. The zero-order chi connectivity index (χ0) is 88.1. The Morgan fingerprint density at radius 3 is 1.29 bits per heavy atom. The van der Waals surface area contributed by atoms with E-state index in [1.807, 2.05) is 0 Å². The molecule has 2 aromatic carbocycles. The van der Waals surface area contributed by atoms with Gasteiger partial charge in [0.1, 0.15) is 78.5 Å². The van der Waals surface area contributed by atoms with Crippen LogP contribution in [0.5, 0.6) is 0 Å². The number of carboxylic acids is 3. The number of aliphatic hydroxyl groups excluding tert-OH is 1. The number of rotatable bonds is 53. The molecule has 27 N–H and O–H groups in total. The van der Waals surface area contributed by atoms with Crippen LogP contribution in [0.3, 0.4) is 0 Å². The monoisotopic (exact) mass is 1670 g/mol. The van der Waals surface area contributed by atoms with Crippen molar-refractivity contribution in [3.63, 3.8) is 0 Å². The van der Waals surface area contributed by atoms with Crippen molar-refractivity contribution < 1.29 is 116 Å². The SMILES string of the molecule is CC[C@H](C)[C@H](NC(=O)CNC(=O)[C@H](C)NC(=O)[C@H](Cc1ccccc1)NC(=O)[C@H](CC(N)=O)NC(=O)[C@H](Cc1c[nH]c2ccccc12)NC(=O)[C@H](CCC(N)=O)NC(=O)[C@H](CCC(N)=O)NC(=O)[C@H](CCC(=O)O)NC(=O)[C@@H](NC(=O)[C@@H](N)CCSC)[C@@H](C)O)C(=O)N[C@@H](CCC(=O)O)C(=O)N[C@@H](C)C(=O)N[C@@H](C)C(=O)N[C@@H](C)C(=O)O. The molecule has 3 aromatic rings. The number of carboxylic acid groups (broad SMARTS) is 3. The standard InChI is InChI=1S/C73H107N19O24S/c1-9-34(2)58(71(113)86-47(21-25-56(98)99)64(106)82-37(5)61(103)80-36(4)62(104)83-38(6)73(115)116)91-55(97)33-79-60(102)35(3)81-68(110)49(29-40-15-11-10-12-16-40)88-70(112)51(31-54(77)96)90-69(111)50(30-41-32-78-44-18-14-13-17-42(41)44)89-67(109)46(20-24-53(76)95)85-65(107)45(19-23-52(75)94)84-66(108)48(22-26-57(100)101)87-72(114)59(39(7)93)92-63(105)43(74)27-28-117-8/h10-18,32,34-39,43,45-51,58-59,78,93H,9,19-31,33,74H2,1-8H3,(H2,75,94)(H2,76,95)(H2,77,96)(H,79,102)(H,80,103)(H,81,110)(H,82,106)(H,83,104)(H,84,108)(H,85,107)(H,86,113)(H,87,114)(H,88,112)(H,89,109)(H,90,111)(H,91,97)(H,92,105)(H,98,99)(H,100,101)(H,115,116)/t34-,35-,36-,37-,38-,39+,43-,45-,46-,47-,48-,49-,50-,51-,58-,59-/m0/s1. The van der Waals surface area contributed by atoms with Crippen molar-refractivity contribution >= 4 is 141 Å². The molecule has 0 saturated carbocycles. The number of primary amides is 3. The normalized spacial score (nSPS) is 15.1. The highest BCUT2D eigenvalue weighted by molar-refractivity contribution is 7.98. The number of aliphatic carboxylic acids is 3. The van der Waals surface area contributed by atoms with Gasteiger partial charge in [0.2, 0.25) is 100 Å². The number of nitrogens with one attached hydrogen (secondary N) is 15. The van der Waals surface area contributed by atoms with Crippen molar-refractivity contribution in [1.29, 1.82) is 0 Å². The van der Waals surface area contributed by atoms with Crippen LogP contribution in [0.1, 0.15) is 130 Å². The lowest BCUT2D eigenvalue weighted by atomic mass is 9.97. The number of aromatic nitrogens is 1. The van der Waals surface area contributed by atoms with Gasteiger partial charge in [-0.3, -0.25) is 95.9 Å². The predicted molar refractivity (Wildman–Crippen MR) is 417 cm³/mol. The molecule has 0 aliphatic heterocycles. The number of benzene rings is 2. The lowest BCUT2D eigenvalue weighted by Gasteiger charge is -2.28. The Hall–Kier alpha value is -12.3. The van der Waals surface area contributed by atoms with Crippen LogP contribution < -0.4 is 97.4 Å². The van der Waals surface area contributed by atoms with Gasteiger partial charge in [-0.2, -0.15) is 11.8 Å². The average molecular weight is 1670 g/mol. The molecule has 3 rings (SSSR count). The summed E-state index contributed by atoms with van der Waals surface area (Å²) < 4.78 is 0. The number of fused-ring (bicyclic) bond motifs is 1. The number of thioether (sulfide) groups is 1. The number of H-pyrrole nitrogens is 1. The maximum absolute atomic E-state index is 14.9. The lowest BCUT2D eigenvalue weighted by Crippen LogP contribution is -2.61. The molecule has 44 heteroatoms. The predicted octanol–water partition coefficient (Wildman–Crippen LogP) is -6.82. The van der Waals surface area contributed by atoms with E-state index < -0.39 is 286 Å². The third kappa shape index (κ3) is 35.1. The number of hydrogen-bond acceptors (Lipinski definition) is 23. The second-order valence-electron chi connectivity index (χ2n) is 27.7. The largest absolute Gasteiger partial charge is 0.481 e. The van der Waals surface area contributed by atoms with Crippen molar-refractivity contribution in [3.8, 4) is 0 Å². The number of aliphatic hydroxyl groups is 1. The van der Waals surface area contributed by atoms with E-state index in [0.717, 1.165) is 6.92 Å². The zero-order valence-corrected chi connectivity index (χ0v) is 66.6. The minimum Gasteiger partial charge on any atom is -0.481 e. The van der Waals surface area contributed by atoms with Crippen molar-refractivity contribution in [3.05, 3.63) is 71.9 Å². The molecule has 17 amide bonds. The quantitative estimate of drug-likeness (QED) is 0.0250. The van der Waals surface area contributed by atoms with Gasteiger partial charge in [-0.25, -0.2) is 0 Å². The molecule has 117 heavy (non-hydrogen) atoms. The Morgan fingerprint density at radius 2 is 0.821 bits per heavy atom. The topological polar surface area (TPSA) is 711 Å². The second-order valence-corrected chi connectivity index (χ2v) is 28.7. The van der Waals surface area contributed by atoms with E-state index in [1.54, 1.807) is 74.7 Å². The smallest absolute Gasteiger partial charge is 0.325 e. The molecule has 0 aliphatic rings. The summed E-state index contributed by atoms with van der Waals surface area (Å²) in [5, 5.41) is 72.2. The Balaban J connectivity index is 1.95. The molecule has 43 nitrogen and oxygen atoms in total. The fraction of sp³-hybridized carbons (Fsp3) is 0.534. The van der Waals surface area contributed by atoms with Crippen LogP contribution in [-0.4, -0.2) is 253 Å². The molecular weight excluding hydrogens is 1560 g/mol. The first-order chi connectivity index (χ1) is 55.0. The first-order valence-electron chi connectivity index (χ1n) is 37.2. The highest BCUT2D eigenvalue weighted by atomic mass is 32.2. The zero-order valence-electron chi connectivity index (χ0n) is 65.8. The molecule has 0 saturated heterocycles. The van der Waals surface area contributed by atoms with Gasteiger partial charge in [0.05, 0.1) is 25.1 Å². The third-order valence-corrected chi connectivity index (χ3v) is 18.8. The summed E-state index contributed by atoms with van der Waals surface area (Å²) in [6.07, 6.45) is -4.93. The Kier molecular flexibility index (Phi) is 41.8. The third-order valence-electron chi connectivity index (χ3n) is 18.1. The van der Waals surface area contributed by atoms with E-state index in [-0.39, 0.29) is 19.3 Å². The summed E-state index contributed by atoms with van der Waals surface area (Å²) in [6.45, 7) is 8.30. The molecule has 16 atom stereocenters. The lowest BCUT2D eigenvalue weighted by molar-refractivity contribution is -0.142. The number of aromatic amines is 1. The van der Waals surface area contributed by atoms with Crippen LogP contribution in [0.15, 0.2) is 60.8 Å². The summed E-state index contributed by atoms with van der Waals surface area (Å²) >= 11 is 1.37. The molecular formula is C73H107N19O24S. The molecule has 0 bridgehead atoms. The van der Waals surface area contributed by atoms with Crippen LogP contribution in [-0.2, 0) is 109 Å². The molecule has 0 aliphatic carbocycles. The molecule has 1 aromatic heterocycles. The second kappa shape index (κ2) is 49.4. The Morgan fingerprint density at radius 1 is 0.419 bits per heavy atom. The number of carbonyl (C=O) groups is 20. The highest BCUT2D eigenvalue weighted by Crippen LogP contribution is 2.21. The van der Waals surface area contributed by atoms with Gasteiger partial charge in [0.25, 0.3) is 0 Å². The number of para-hydroxylation sites is 1. The summed E-state index contributed by atoms with van der Waals surface area (Å²) in [6, 6.07) is -7.99. The molecule has 0 radical (unpaired) electrons. The van der Waals surface area contributed by atoms with Crippen LogP contribution >= 0.6 is 11.8 Å². The molecule has 1 heterocycles. The van der Waals surface area contributed by atoms with E-state index in [4.69, 9.17) is 28.0 Å². The van der Waals surface area contributed by atoms with Crippen LogP contribution in [0.2, 0.25) is 0 Å². The fourth-order valence-electron chi connectivity index (χ4n) is 11.1. The minimum absolute atomic E-state index is 0.166. The van der Waals surface area contributed by atoms with E-state index in [9.17, 15) is 111 Å². The number of carbonyl (C=O) groups excluding carboxylic acids is 17. The summed E-state index contributed by atoms with van der Waals surface area (Å²) in [5.74, 6) is -22.8. The summed E-state index contributed by atoms with van der Waals surface area (Å²) in [4.78, 5) is 269. The van der Waals surface area contributed by atoms with Crippen molar-refractivity contribution in [2.75, 3.05) is 18.6 Å². The molecule has 0 spiro atoms. The van der Waals surface area contributed by atoms with Gasteiger partial charge < -0.3 is 123 Å². The van der Waals surface area contributed by atoms with Gasteiger partial charge in [-0.05, 0) is 102 Å². The van der Waals surface area contributed by atoms with E-state index in [2.05, 4.69) is 79.4 Å². The van der Waals surface area contributed by atoms with Crippen molar-refractivity contribution in [2.24, 2.45) is 28.9 Å². The maximum Gasteiger partial charge on any atom is 0.325 e. The average Bonchev–Trinajstić information content (AvgIpc) is 1.75. The van der Waals surface area contributed by atoms with Crippen molar-refractivity contribution in [2.45, 2.75) is 223 Å². The van der Waals surface area contributed by atoms with Crippen LogP contribution in [0.25, 0.3) is 10.9 Å². The fourth-order valence-corrected chi connectivity index (χ4v) is 11.6. The number of amides is 17. The maximum atomic E-state index is 14.9. The van der Waals surface area contributed by atoms with Gasteiger partial charge >= 0.3 is 17.9 Å². The first-order valence-corrected chi connectivity index (χ1v) is 38.6. The van der Waals surface area contributed by atoms with E-state index in [1.165, 1.54) is 45.7 Å². The first kappa shape index (κ1) is 98.8. The summed E-state index contributed by atoms with van der Waals surface area (Å²) in [7, 11) is 0. The van der Waals surface area contributed by atoms with Gasteiger partial charge in [-0.15, -0.1) is 0 Å². The van der Waals surface area contributed by atoms with Gasteiger partial charge in [0.15, 0.2) is 0 Å². The van der Waals surface area contributed by atoms with Crippen molar-refractivity contribution in [1.82, 2.24) is 79.4 Å². The number of hydrogen-bond donors (Lipinski definition) is 23. The van der Waals surface area contributed by atoms with E-state index in [0.29, 0.717) is 27.8 Å². The molecule has 0 unspecified atom stereocenters. The number of nitrogens with two attached hydrogens (primary N) is 4. The van der Waals surface area contributed by atoms with Gasteiger partial charge in [0, 0.05) is 55.6 Å². The highest BCUT2D eigenvalue weighted by Gasteiger charge is 2.39. The van der Waals surface area contributed by atoms with Crippen LogP contribution in [0.4, 0.5) is 0 Å². The van der Waals surface area contributed by atoms with Gasteiger partial charge in [-0.1, -0.05) is 68.8 Å². The molecule has 644 valence electrons. The Labute approximate surface area is 675 Å².